The number of hydrogen-bond acceptors (Lipinski definition) is 3. The molecule has 2 atom stereocenters. The summed E-state index contributed by atoms with van der Waals surface area (Å²) in [6.07, 6.45) is 2.36. The highest BCUT2D eigenvalue weighted by atomic mass is 16.3. The monoisotopic (exact) mass is 172 g/mol. The number of likely N-dealkylation sites (N-methyl/N-ethyl adjacent to an activating group) is 1. The third-order valence-corrected chi connectivity index (χ3v) is 2.44. The van der Waals surface area contributed by atoms with Gasteiger partial charge in [-0.1, -0.05) is 0 Å². The van der Waals surface area contributed by atoms with E-state index in [-0.39, 0.29) is 6.10 Å². The molecule has 0 aromatic rings. The molecular weight excluding hydrogens is 152 g/mol. The van der Waals surface area contributed by atoms with E-state index in [2.05, 4.69) is 10.2 Å². The first-order valence-corrected chi connectivity index (χ1v) is 4.80. The lowest BCUT2D eigenvalue weighted by Gasteiger charge is -2.25. The van der Waals surface area contributed by atoms with Crippen molar-refractivity contribution in [2.24, 2.45) is 0 Å². The van der Waals surface area contributed by atoms with Crippen LogP contribution in [0.15, 0.2) is 0 Å². The molecule has 1 aliphatic heterocycles. The number of aliphatic hydroxyl groups is 1. The zero-order valence-electron chi connectivity index (χ0n) is 8.08. The van der Waals surface area contributed by atoms with Gasteiger partial charge in [0.25, 0.3) is 0 Å². The van der Waals surface area contributed by atoms with Gasteiger partial charge in [0.2, 0.25) is 0 Å². The van der Waals surface area contributed by atoms with Gasteiger partial charge in [0.1, 0.15) is 0 Å². The second kappa shape index (κ2) is 4.80. The highest BCUT2D eigenvalue weighted by Crippen LogP contribution is 2.16. The van der Waals surface area contributed by atoms with E-state index in [1.54, 1.807) is 0 Å². The minimum absolute atomic E-state index is 0.192. The van der Waals surface area contributed by atoms with Gasteiger partial charge >= 0.3 is 0 Å². The Morgan fingerprint density at radius 2 is 2.42 bits per heavy atom. The van der Waals surface area contributed by atoms with E-state index in [1.165, 1.54) is 12.8 Å². The average molecular weight is 172 g/mol. The number of nitrogens with one attached hydrogen (secondary N) is 1. The molecule has 0 aliphatic carbocycles. The van der Waals surface area contributed by atoms with Crippen molar-refractivity contribution in [1.29, 1.82) is 0 Å². The molecule has 1 rings (SSSR count). The van der Waals surface area contributed by atoms with Crippen LogP contribution >= 0.6 is 0 Å². The Morgan fingerprint density at radius 1 is 1.67 bits per heavy atom. The molecule has 0 amide bonds. The Hall–Kier alpha value is -0.120. The van der Waals surface area contributed by atoms with Gasteiger partial charge in [-0.05, 0) is 33.4 Å². The molecule has 0 bridgehead atoms. The second-order valence-electron chi connectivity index (χ2n) is 3.70. The fourth-order valence-electron chi connectivity index (χ4n) is 1.94. The summed E-state index contributed by atoms with van der Waals surface area (Å²) in [7, 11) is 1.98. The Bertz CT molecular complexity index is 128. The summed E-state index contributed by atoms with van der Waals surface area (Å²) in [6, 6.07) is 0.643. The lowest BCUT2D eigenvalue weighted by atomic mass is 10.2. The SMILES string of the molecule is CNCC1CCCN1C[C@H](C)O. The topological polar surface area (TPSA) is 35.5 Å². The second-order valence-corrected chi connectivity index (χ2v) is 3.70. The average Bonchev–Trinajstić information content (AvgIpc) is 2.37. The highest BCUT2D eigenvalue weighted by Gasteiger charge is 2.24. The molecule has 1 aliphatic rings. The maximum atomic E-state index is 9.24. The van der Waals surface area contributed by atoms with Crippen LogP contribution in [-0.2, 0) is 0 Å². The molecule has 0 saturated carbocycles. The molecule has 1 heterocycles. The van der Waals surface area contributed by atoms with Gasteiger partial charge < -0.3 is 10.4 Å². The van der Waals surface area contributed by atoms with Gasteiger partial charge in [0.05, 0.1) is 6.10 Å². The van der Waals surface area contributed by atoms with Crippen molar-refractivity contribution in [1.82, 2.24) is 10.2 Å². The van der Waals surface area contributed by atoms with E-state index < -0.39 is 0 Å². The standard InChI is InChI=1S/C9H20N2O/c1-8(12)7-11-5-3-4-9(11)6-10-2/h8-10,12H,3-7H2,1-2H3/t8-,9?/m0/s1. The number of hydrogen-bond donors (Lipinski definition) is 2. The summed E-state index contributed by atoms with van der Waals surface area (Å²) < 4.78 is 0. The maximum Gasteiger partial charge on any atom is 0.0639 e. The Kier molecular flexibility index (Phi) is 3.98. The van der Waals surface area contributed by atoms with Crippen LogP contribution in [0, 0.1) is 0 Å². The van der Waals surface area contributed by atoms with Gasteiger partial charge in [-0.15, -0.1) is 0 Å². The quantitative estimate of drug-likeness (QED) is 0.629. The number of rotatable bonds is 4. The van der Waals surface area contributed by atoms with Crippen molar-refractivity contribution < 1.29 is 5.11 Å². The van der Waals surface area contributed by atoms with Gasteiger partial charge in [0.15, 0.2) is 0 Å². The summed E-state index contributed by atoms with van der Waals surface area (Å²) in [4.78, 5) is 2.38. The molecule has 3 nitrogen and oxygen atoms in total. The first-order valence-electron chi connectivity index (χ1n) is 4.80. The largest absolute Gasteiger partial charge is 0.392 e. The number of nitrogens with zero attached hydrogens (tertiary/aromatic N) is 1. The lowest BCUT2D eigenvalue weighted by molar-refractivity contribution is 0.119. The zero-order chi connectivity index (χ0) is 8.97. The van der Waals surface area contributed by atoms with Crippen LogP contribution in [0.4, 0.5) is 0 Å². The van der Waals surface area contributed by atoms with Crippen LogP contribution < -0.4 is 5.32 Å². The summed E-state index contributed by atoms with van der Waals surface area (Å²) in [6.45, 7) is 4.88. The van der Waals surface area contributed by atoms with Gasteiger partial charge in [-0.3, -0.25) is 4.90 Å². The Labute approximate surface area is 74.8 Å². The van der Waals surface area contributed by atoms with Crippen LogP contribution in [0.3, 0.4) is 0 Å². The first-order chi connectivity index (χ1) is 5.74. The minimum atomic E-state index is -0.192. The van der Waals surface area contributed by atoms with E-state index in [4.69, 9.17) is 0 Å². The normalized spacial score (nSPS) is 27.8. The first kappa shape index (κ1) is 9.96. The summed E-state index contributed by atoms with van der Waals surface area (Å²) in [5, 5.41) is 12.4. The molecular formula is C9H20N2O. The number of aliphatic hydroxyl groups excluding tert-OH is 1. The summed E-state index contributed by atoms with van der Waals surface area (Å²) in [5.41, 5.74) is 0. The van der Waals surface area contributed by atoms with Crippen LogP contribution in [0.5, 0.6) is 0 Å². The molecule has 72 valence electrons. The van der Waals surface area contributed by atoms with Crippen molar-refractivity contribution in [2.45, 2.75) is 31.9 Å². The predicted octanol–water partition coefficient (Wildman–Crippen LogP) is 0.0510. The van der Waals surface area contributed by atoms with E-state index in [1.807, 2.05) is 14.0 Å². The van der Waals surface area contributed by atoms with Crippen LogP contribution in [-0.4, -0.2) is 48.8 Å². The lowest BCUT2D eigenvalue weighted by Crippen LogP contribution is -2.40. The molecule has 12 heavy (non-hydrogen) atoms. The molecule has 0 aromatic carbocycles. The van der Waals surface area contributed by atoms with Crippen molar-refractivity contribution in [2.75, 3.05) is 26.7 Å². The Balaban J connectivity index is 2.30. The van der Waals surface area contributed by atoms with Crippen LogP contribution in [0.2, 0.25) is 0 Å². The van der Waals surface area contributed by atoms with Crippen LogP contribution in [0.25, 0.3) is 0 Å². The molecule has 1 saturated heterocycles. The highest BCUT2D eigenvalue weighted by molar-refractivity contribution is 4.81. The van der Waals surface area contributed by atoms with Crippen LogP contribution in [0.1, 0.15) is 19.8 Å². The van der Waals surface area contributed by atoms with E-state index >= 15 is 0 Å². The number of likely N-dealkylation sites (tertiary alicyclic amines) is 1. The summed E-state index contributed by atoms with van der Waals surface area (Å²) >= 11 is 0. The van der Waals surface area contributed by atoms with E-state index in [0.717, 1.165) is 19.6 Å². The maximum absolute atomic E-state index is 9.24. The molecule has 3 heteroatoms. The Morgan fingerprint density at radius 3 is 3.00 bits per heavy atom. The van der Waals surface area contributed by atoms with E-state index in [9.17, 15) is 5.11 Å². The third kappa shape index (κ3) is 2.73. The number of β-amino-alcohol motifs (C(OH)–C–C–N with tert-alkyl or cyclic N) is 1. The van der Waals surface area contributed by atoms with Crippen molar-refractivity contribution in [3.8, 4) is 0 Å². The van der Waals surface area contributed by atoms with Gasteiger partial charge in [-0.25, -0.2) is 0 Å². The van der Waals surface area contributed by atoms with Crippen molar-refractivity contribution >= 4 is 0 Å². The van der Waals surface area contributed by atoms with Gasteiger partial charge in [-0.2, -0.15) is 0 Å². The van der Waals surface area contributed by atoms with Gasteiger partial charge in [0, 0.05) is 19.1 Å². The molecule has 0 aromatic heterocycles. The molecule has 2 N–H and O–H groups in total. The minimum Gasteiger partial charge on any atom is -0.392 e. The summed E-state index contributed by atoms with van der Waals surface area (Å²) in [5.74, 6) is 0. The van der Waals surface area contributed by atoms with Crippen molar-refractivity contribution in [3.05, 3.63) is 0 Å². The molecule has 0 spiro atoms. The molecule has 1 unspecified atom stereocenters. The van der Waals surface area contributed by atoms with Crippen molar-refractivity contribution in [3.63, 3.8) is 0 Å². The zero-order valence-corrected chi connectivity index (χ0v) is 8.08. The molecule has 0 radical (unpaired) electrons. The fourth-order valence-corrected chi connectivity index (χ4v) is 1.94. The fraction of sp³-hybridized carbons (Fsp3) is 1.00. The third-order valence-electron chi connectivity index (χ3n) is 2.44. The van der Waals surface area contributed by atoms with E-state index in [0.29, 0.717) is 6.04 Å². The molecule has 1 fully saturated rings. The predicted molar refractivity (Wildman–Crippen MR) is 50.2 cm³/mol. The smallest absolute Gasteiger partial charge is 0.0639 e.